The van der Waals surface area contributed by atoms with E-state index < -0.39 is 0 Å². The number of hydrogen-bond acceptors (Lipinski definition) is 4. The number of rotatable bonds is 3. The van der Waals surface area contributed by atoms with Crippen LogP contribution in [-0.2, 0) is 6.42 Å². The Kier molecular flexibility index (Phi) is 4.51. The lowest BCUT2D eigenvalue weighted by Gasteiger charge is -2.17. The van der Waals surface area contributed by atoms with Gasteiger partial charge in [0.15, 0.2) is 0 Å². The van der Waals surface area contributed by atoms with Gasteiger partial charge in [-0.2, -0.15) is 5.26 Å². The zero-order valence-electron chi connectivity index (χ0n) is 13.5. The maximum Gasteiger partial charge on any atom is 0.264 e. The van der Waals surface area contributed by atoms with Crippen LogP contribution in [0.3, 0.4) is 0 Å². The van der Waals surface area contributed by atoms with E-state index >= 15 is 0 Å². The van der Waals surface area contributed by atoms with Gasteiger partial charge in [-0.3, -0.25) is 9.36 Å². The predicted molar refractivity (Wildman–Crippen MR) is 99.3 cm³/mol. The Bertz CT molecular complexity index is 1060. The number of fused-ring (bicyclic) bond motifs is 1. The fraction of sp³-hybridized carbons (Fsp3) is 0.158. The monoisotopic (exact) mass is 398 g/mol. The Morgan fingerprint density at radius 3 is 2.44 bits per heavy atom. The molecule has 25 heavy (non-hydrogen) atoms. The number of phenolic OH excluding ortho intramolecular Hbond substituents is 2. The maximum absolute atomic E-state index is 13.2. The minimum absolute atomic E-state index is 0.0611. The first kappa shape index (κ1) is 17.1. The molecule has 0 saturated heterocycles. The maximum atomic E-state index is 13.2. The highest BCUT2D eigenvalue weighted by Gasteiger charge is 2.19. The smallest absolute Gasteiger partial charge is 0.264 e. The molecular formula is C19H15BrN2O3. The third kappa shape index (κ3) is 2.87. The molecule has 0 bridgehead atoms. The van der Waals surface area contributed by atoms with Crippen molar-refractivity contribution in [2.75, 3.05) is 0 Å². The Labute approximate surface area is 152 Å². The number of pyridine rings is 1. The molecule has 0 atom stereocenters. The zero-order chi connectivity index (χ0) is 18.1. The quantitative estimate of drug-likeness (QED) is 0.698. The summed E-state index contributed by atoms with van der Waals surface area (Å²) in [6, 6.07) is 11.1. The summed E-state index contributed by atoms with van der Waals surface area (Å²) in [5, 5.41) is 29.6. The fourth-order valence-corrected chi connectivity index (χ4v) is 3.63. The molecule has 3 rings (SSSR count). The molecular weight excluding hydrogens is 384 g/mol. The minimum atomic E-state index is -0.330. The second-order valence-electron chi connectivity index (χ2n) is 5.70. The molecule has 0 unspecified atom stereocenters. The number of nitrogens with zero attached hydrogens (tertiary/aromatic N) is 2. The van der Waals surface area contributed by atoms with Gasteiger partial charge >= 0.3 is 0 Å². The first-order valence-electron chi connectivity index (χ1n) is 7.77. The summed E-state index contributed by atoms with van der Waals surface area (Å²) in [6.45, 7) is 2.01. The summed E-state index contributed by atoms with van der Waals surface area (Å²) < 4.78 is 2.22. The topological polar surface area (TPSA) is 86.2 Å². The van der Waals surface area contributed by atoms with E-state index in [1.54, 1.807) is 16.7 Å². The van der Waals surface area contributed by atoms with E-state index in [4.69, 9.17) is 0 Å². The van der Waals surface area contributed by atoms with Crippen LogP contribution in [0.15, 0.2) is 45.7 Å². The second-order valence-corrected chi connectivity index (χ2v) is 6.49. The molecule has 2 aromatic carbocycles. The van der Waals surface area contributed by atoms with Crippen LogP contribution in [-0.4, -0.2) is 14.8 Å². The standard InChI is InChI=1S/C19H15BrN2O3/c1-2-3-16-18(20)15-9-14(24)8-11(10-21)17(15)19(25)22(16)12-4-6-13(23)7-5-12/h4-9,23-24H,2-3H2,1H3. The van der Waals surface area contributed by atoms with Crippen LogP contribution < -0.4 is 5.56 Å². The fourth-order valence-electron chi connectivity index (χ4n) is 2.94. The number of hydrogen-bond donors (Lipinski definition) is 2. The second kappa shape index (κ2) is 6.61. The van der Waals surface area contributed by atoms with E-state index in [1.807, 2.05) is 13.0 Å². The third-order valence-electron chi connectivity index (χ3n) is 4.01. The molecule has 1 aromatic heterocycles. The van der Waals surface area contributed by atoms with Crippen molar-refractivity contribution in [1.82, 2.24) is 4.57 Å². The summed E-state index contributed by atoms with van der Waals surface area (Å²) in [5.74, 6) is 0.0466. The number of aromatic hydroxyl groups is 2. The molecule has 1 heterocycles. The molecule has 0 fully saturated rings. The van der Waals surface area contributed by atoms with Gasteiger partial charge in [0.05, 0.1) is 10.9 Å². The number of halogens is 1. The largest absolute Gasteiger partial charge is 0.508 e. The van der Waals surface area contributed by atoms with Crippen molar-refractivity contribution in [3.8, 4) is 23.3 Å². The Hall–Kier alpha value is -2.78. The van der Waals surface area contributed by atoms with E-state index in [1.165, 1.54) is 24.3 Å². The van der Waals surface area contributed by atoms with Crippen molar-refractivity contribution in [3.63, 3.8) is 0 Å². The molecule has 0 aliphatic carbocycles. The molecule has 126 valence electrons. The molecule has 0 saturated carbocycles. The lowest BCUT2D eigenvalue weighted by Crippen LogP contribution is -2.23. The first-order chi connectivity index (χ1) is 12.0. The van der Waals surface area contributed by atoms with Gasteiger partial charge in [-0.25, -0.2) is 0 Å². The average Bonchev–Trinajstić information content (AvgIpc) is 2.60. The van der Waals surface area contributed by atoms with E-state index in [-0.39, 0.29) is 28.0 Å². The van der Waals surface area contributed by atoms with Gasteiger partial charge < -0.3 is 10.2 Å². The number of aromatic nitrogens is 1. The van der Waals surface area contributed by atoms with Crippen molar-refractivity contribution in [2.45, 2.75) is 19.8 Å². The van der Waals surface area contributed by atoms with Crippen LogP contribution >= 0.6 is 15.9 Å². The molecule has 0 aliphatic rings. The van der Waals surface area contributed by atoms with Crippen LogP contribution in [0, 0.1) is 11.3 Å². The van der Waals surface area contributed by atoms with Gasteiger partial charge in [-0.15, -0.1) is 0 Å². The van der Waals surface area contributed by atoms with Crippen molar-refractivity contribution < 1.29 is 10.2 Å². The average molecular weight is 399 g/mol. The minimum Gasteiger partial charge on any atom is -0.508 e. The van der Waals surface area contributed by atoms with E-state index in [0.717, 1.165) is 12.1 Å². The zero-order valence-corrected chi connectivity index (χ0v) is 15.0. The Morgan fingerprint density at radius 1 is 1.16 bits per heavy atom. The van der Waals surface area contributed by atoms with Crippen LogP contribution in [0.25, 0.3) is 16.5 Å². The highest BCUT2D eigenvalue weighted by molar-refractivity contribution is 9.10. The van der Waals surface area contributed by atoms with Gasteiger partial charge in [0.25, 0.3) is 5.56 Å². The van der Waals surface area contributed by atoms with E-state index in [9.17, 15) is 20.3 Å². The van der Waals surface area contributed by atoms with E-state index in [0.29, 0.717) is 22.0 Å². The molecule has 0 radical (unpaired) electrons. The SMILES string of the molecule is CCCc1c(Br)c2cc(O)cc(C#N)c2c(=O)n1-c1ccc(O)cc1. The van der Waals surface area contributed by atoms with Crippen LogP contribution in [0.1, 0.15) is 24.6 Å². The summed E-state index contributed by atoms with van der Waals surface area (Å²) in [6.07, 6.45) is 1.44. The number of nitriles is 1. The van der Waals surface area contributed by atoms with Gasteiger partial charge in [-0.05, 0) is 58.7 Å². The molecule has 3 aromatic rings. The number of benzene rings is 2. The molecule has 0 aliphatic heterocycles. The van der Waals surface area contributed by atoms with Crippen molar-refractivity contribution in [2.24, 2.45) is 0 Å². The predicted octanol–water partition coefficient (Wildman–Crippen LogP) is 3.99. The van der Waals surface area contributed by atoms with Crippen LogP contribution in [0.2, 0.25) is 0 Å². The normalized spacial score (nSPS) is 10.8. The highest BCUT2D eigenvalue weighted by Crippen LogP contribution is 2.32. The van der Waals surface area contributed by atoms with E-state index in [2.05, 4.69) is 15.9 Å². The third-order valence-corrected chi connectivity index (χ3v) is 4.90. The van der Waals surface area contributed by atoms with Crippen molar-refractivity contribution in [1.29, 1.82) is 5.26 Å². The Morgan fingerprint density at radius 2 is 1.84 bits per heavy atom. The van der Waals surface area contributed by atoms with Gasteiger partial charge in [0.1, 0.15) is 17.6 Å². The Balaban J connectivity index is 2.51. The molecule has 0 amide bonds. The van der Waals surface area contributed by atoms with Crippen LogP contribution in [0.5, 0.6) is 11.5 Å². The first-order valence-corrected chi connectivity index (χ1v) is 8.56. The molecule has 2 N–H and O–H groups in total. The van der Waals surface area contributed by atoms with Crippen molar-refractivity contribution in [3.05, 3.63) is 62.5 Å². The lowest BCUT2D eigenvalue weighted by molar-refractivity contribution is 0.475. The summed E-state index contributed by atoms with van der Waals surface area (Å²) in [5.41, 5.74) is 1.14. The number of phenols is 2. The van der Waals surface area contributed by atoms with Gasteiger partial charge in [-0.1, -0.05) is 13.3 Å². The van der Waals surface area contributed by atoms with Crippen LogP contribution in [0.4, 0.5) is 0 Å². The highest BCUT2D eigenvalue weighted by atomic mass is 79.9. The van der Waals surface area contributed by atoms with Crippen molar-refractivity contribution >= 4 is 26.7 Å². The summed E-state index contributed by atoms with van der Waals surface area (Å²) >= 11 is 3.55. The molecule has 6 heteroatoms. The lowest BCUT2D eigenvalue weighted by atomic mass is 10.0. The molecule has 0 spiro atoms. The van der Waals surface area contributed by atoms with Gasteiger partial charge in [0.2, 0.25) is 0 Å². The van der Waals surface area contributed by atoms with Gasteiger partial charge in [0, 0.05) is 21.2 Å². The summed E-state index contributed by atoms with van der Waals surface area (Å²) in [7, 11) is 0. The summed E-state index contributed by atoms with van der Waals surface area (Å²) in [4.78, 5) is 13.2. The molecule has 5 nitrogen and oxygen atoms in total.